The van der Waals surface area contributed by atoms with Crippen molar-refractivity contribution >= 4 is 17.5 Å². The van der Waals surface area contributed by atoms with Gasteiger partial charge in [-0.3, -0.25) is 9.59 Å². The molecule has 2 N–H and O–H groups in total. The lowest BCUT2D eigenvalue weighted by Crippen LogP contribution is -2.26. The average molecular weight is 303 g/mol. The van der Waals surface area contributed by atoms with Crippen molar-refractivity contribution in [1.29, 1.82) is 0 Å². The van der Waals surface area contributed by atoms with Gasteiger partial charge in [0.05, 0.1) is 12.3 Å². The third-order valence-corrected chi connectivity index (χ3v) is 2.85. The zero-order valence-corrected chi connectivity index (χ0v) is 12.4. The van der Waals surface area contributed by atoms with Gasteiger partial charge in [0.25, 0.3) is 11.8 Å². The molecule has 116 valence electrons. The molecule has 1 aromatic carbocycles. The summed E-state index contributed by atoms with van der Waals surface area (Å²) in [7, 11) is 1.57. The van der Waals surface area contributed by atoms with Crippen molar-refractivity contribution in [3.63, 3.8) is 0 Å². The number of hydrogen-bond donors (Lipinski definition) is 2. The molecule has 0 aliphatic heterocycles. The standard InChI is InChI=1S/C15H17N3O4/c1-10-9-13(22-18-10)15(20)17-12-5-3-11(4-6-12)14(19)16-7-8-21-2/h3-6,9H,7-8H2,1-2H3,(H,16,19)(H,17,20). The highest BCUT2D eigenvalue weighted by Gasteiger charge is 2.12. The van der Waals surface area contributed by atoms with E-state index in [0.717, 1.165) is 0 Å². The van der Waals surface area contributed by atoms with Crippen molar-refractivity contribution in [2.45, 2.75) is 6.92 Å². The minimum atomic E-state index is -0.391. The number of methoxy groups -OCH3 is 1. The molecule has 0 aliphatic carbocycles. The smallest absolute Gasteiger partial charge is 0.294 e. The zero-order chi connectivity index (χ0) is 15.9. The van der Waals surface area contributed by atoms with Crippen LogP contribution in [-0.4, -0.2) is 37.2 Å². The number of rotatable bonds is 6. The van der Waals surface area contributed by atoms with Crippen molar-refractivity contribution in [3.8, 4) is 0 Å². The van der Waals surface area contributed by atoms with Crippen LogP contribution >= 0.6 is 0 Å². The van der Waals surface area contributed by atoms with E-state index in [4.69, 9.17) is 9.26 Å². The third kappa shape index (κ3) is 4.16. The van der Waals surface area contributed by atoms with Crippen LogP contribution in [0.25, 0.3) is 0 Å². The van der Waals surface area contributed by atoms with Gasteiger partial charge in [0.15, 0.2) is 0 Å². The minimum Gasteiger partial charge on any atom is -0.383 e. The van der Waals surface area contributed by atoms with Crippen LogP contribution in [0.3, 0.4) is 0 Å². The monoisotopic (exact) mass is 303 g/mol. The Morgan fingerprint density at radius 3 is 2.55 bits per heavy atom. The highest BCUT2D eigenvalue weighted by atomic mass is 16.5. The van der Waals surface area contributed by atoms with Crippen LogP contribution < -0.4 is 10.6 Å². The summed E-state index contributed by atoms with van der Waals surface area (Å²) in [6, 6.07) is 8.10. The lowest BCUT2D eigenvalue weighted by Gasteiger charge is -2.06. The van der Waals surface area contributed by atoms with Crippen molar-refractivity contribution in [3.05, 3.63) is 47.3 Å². The summed E-state index contributed by atoms with van der Waals surface area (Å²) < 4.78 is 9.74. The second kappa shape index (κ2) is 7.37. The molecule has 0 saturated carbocycles. The molecule has 0 bridgehead atoms. The summed E-state index contributed by atoms with van der Waals surface area (Å²) in [6.45, 7) is 2.63. The van der Waals surface area contributed by atoms with Gasteiger partial charge in [-0.15, -0.1) is 0 Å². The Morgan fingerprint density at radius 2 is 1.95 bits per heavy atom. The molecule has 0 radical (unpaired) electrons. The maximum absolute atomic E-state index is 11.9. The first-order chi connectivity index (χ1) is 10.6. The quantitative estimate of drug-likeness (QED) is 0.791. The molecular weight excluding hydrogens is 286 g/mol. The van der Waals surface area contributed by atoms with Crippen LogP contribution in [0.4, 0.5) is 5.69 Å². The van der Waals surface area contributed by atoms with Crippen molar-refractivity contribution in [1.82, 2.24) is 10.5 Å². The first kappa shape index (κ1) is 15.7. The number of carbonyl (C=O) groups excluding carboxylic acids is 2. The molecule has 7 heteroatoms. The van der Waals surface area contributed by atoms with E-state index in [-0.39, 0.29) is 11.7 Å². The first-order valence-electron chi connectivity index (χ1n) is 6.72. The molecule has 22 heavy (non-hydrogen) atoms. The van der Waals surface area contributed by atoms with Gasteiger partial charge >= 0.3 is 0 Å². The fraction of sp³-hybridized carbons (Fsp3) is 0.267. The van der Waals surface area contributed by atoms with E-state index >= 15 is 0 Å². The summed E-state index contributed by atoms with van der Waals surface area (Å²) >= 11 is 0. The largest absolute Gasteiger partial charge is 0.383 e. The van der Waals surface area contributed by atoms with Crippen molar-refractivity contribution < 1.29 is 18.8 Å². The highest BCUT2D eigenvalue weighted by Crippen LogP contribution is 2.12. The molecule has 2 aromatic rings. The van der Waals surface area contributed by atoms with Crippen molar-refractivity contribution in [2.75, 3.05) is 25.6 Å². The molecule has 0 unspecified atom stereocenters. The molecule has 0 saturated heterocycles. The van der Waals surface area contributed by atoms with E-state index in [1.807, 2.05) is 0 Å². The van der Waals surface area contributed by atoms with Crippen LogP contribution in [-0.2, 0) is 4.74 Å². The molecular formula is C15H17N3O4. The third-order valence-electron chi connectivity index (χ3n) is 2.85. The van der Waals surface area contributed by atoms with Crippen molar-refractivity contribution in [2.24, 2.45) is 0 Å². The predicted octanol–water partition coefficient (Wildman–Crippen LogP) is 1.61. The van der Waals surface area contributed by atoms with Gasteiger partial charge < -0.3 is 19.9 Å². The number of amides is 2. The van der Waals surface area contributed by atoms with E-state index in [1.54, 1.807) is 44.4 Å². The Bertz CT molecular complexity index is 649. The molecule has 1 heterocycles. The second-order valence-electron chi connectivity index (χ2n) is 4.61. The molecule has 0 spiro atoms. The number of hydrogen-bond acceptors (Lipinski definition) is 5. The Hall–Kier alpha value is -2.67. The maximum Gasteiger partial charge on any atom is 0.294 e. The molecule has 2 amide bonds. The topological polar surface area (TPSA) is 93.5 Å². The van der Waals surface area contributed by atoms with E-state index in [1.165, 1.54) is 0 Å². The van der Waals surface area contributed by atoms with E-state index < -0.39 is 5.91 Å². The average Bonchev–Trinajstić information content (AvgIpc) is 2.95. The summed E-state index contributed by atoms with van der Waals surface area (Å²) in [4.78, 5) is 23.7. The van der Waals surface area contributed by atoms with Crippen LogP contribution in [0.1, 0.15) is 26.6 Å². The molecule has 7 nitrogen and oxygen atoms in total. The Morgan fingerprint density at radius 1 is 1.23 bits per heavy atom. The normalized spacial score (nSPS) is 10.3. The highest BCUT2D eigenvalue weighted by molar-refractivity contribution is 6.02. The number of nitrogens with one attached hydrogen (secondary N) is 2. The number of anilines is 1. The fourth-order valence-electron chi connectivity index (χ4n) is 1.74. The van der Waals surface area contributed by atoms with Crippen LogP contribution in [0.2, 0.25) is 0 Å². The number of aryl methyl sites for hydroxylation is 1. The van der Waals surface area contributed by atoms with E-state index in [0.29, 0.717) is 30.1 Å². The van der Waals surface area contributed by atoms with Gasteiger partial charge in [-0.1, -0.05) is 5.16 Å². The van der Waals surface area contributed by atoms with Gasteiger partial charge in [-0.05, 0) is 31.2 Å². The van der Waals surface area contributed by atoms with E-state index in [2.05, 4.69) is 15.8 Å². The first-order valence-corrected chi connectivity index (χ1v) is 6.72. The second-order valence-corrected chi connectivity index (χ2v) is 4.61. The van der Waals surface area contributed by atoms with Gasteiger partial charge in [-0.2, -0.15) is 0 Å². The molecule has 1 aromatic heterocycles. The van der Waals surface area contributed by atoms with Gasteiger partial charge in [0, 0.05) is 31.0 Å². The summed E-state index contributed by atoms with van der Waals surface area (Å²) in [5.41, 5.74) is 1.70. The number of ether oxygens (including phenoxy) is 1. The maximum atomic E-state index is 11.9. The molecule has 2 rings (SSSR count). The van der Waals surface area contributed by atoms with Crippen LogP contribution in [0, 0.1) is 6.92 Å². The zero-order valence-electron chi connectivity index (χ0n) is 12.4. The summed E-state index contributed by atoms with van der Waals surface area (Å²) in [5.74, 6) is -0.447. The van der Waals surface area contributed by atoms with Gasteiger partial charge in [0.1, 0.15) is 0 Å². The number of aromatic nitrogens is 1. The molecule has 0 atom stereocenters. The predicted molar refractivity (Wildman–Crippen MR) is 79.8 cm³/mol. The molecule has 0 aliphatic rings. The van der Waals surface area contributed by atoms with Crippen LogP contribution in [0.15, 0.2) is 34.9 Å². The molecule has 0 fully saturated rings. The SMILES string of the molecule is COCCNC(=O)c1ccc(NC(=O)c2cc(C)no2)cc1. The Balaban J connectivity index is 1.94. The number of carbonyl (C=O) groups is 2. The summed E-state index contributed by atoms with van der Waals surface area (Å²) in [6.07, 6.45) is 0. The van der Waals surface area contributed by atoms with E-state index in [9.17, 15) is 9.59 Å². The van der Waals surface area contributed by atoms with Gasteiger partial charge in [0.2, 0.25) is 5.76 Å². The Kier molecular flexibility index (Phi) is 5.26. The minimum absolute atomic E-state index is 0.138. The lowest BCUT2D eigenvalue weighted by atomic mass is 10.2. The number of benzene rings is 1. The Labute approximate surface area is 127 Å². The van der Waals surface area contributed by atoms with Crippen LogP contribution in [0.5, 0.6) is 0 Å². The summed E-state index contributed by atoms with van der Waals surface area (Å²) in [5, 5.41) is 9.03. The van der Waals surface area contributed by atoms with Gasteiger partial charge in [-0.25, -0.2) is 0 Å². The number of nitrogens with zero attached hydrogens (tertiary/aromatic N) is 1. The lowest BCUT2D eigenvalue weighted by molar-refractivity contribution is 0.0936. The fourth-order valence-corrected chi connectivity index (χ4v) is 1.74.